The zero-order chi connectivity index (χ0) is 14.4. The Kier molecular flexibility index (Phi) is 5.77. The van der Waals surface area contributed by atoms with E-state index in [9.17, 15) is 5.11 Å². The predicted octanol–water partition coefficient (Wildman–Crippen LogP) is 4.56. The van der Waals surface area contributed by atoms with E-state index >= 15 is 0 Å². The van der Waals surface area contributed by atoms with Crippen LogP contribution in [-0.4, -0.2) is 17.5 Å². The molecule has 0 heterocycles. The minimum Gasteiger partial charge on any atom is -0.494 e. The van der Waals surface area contributed by atoms with Crippen LogP contribution >= 0.6 is 23.4 Å². The third-order valence-electron chi connectivity index (χ3n) is 2.78. The Labute approximate surface area is 128 Å². The summed E-state index contributed by atoms with van der Waals surface area (Å²) in [7, 11) is 0. The van der Waals surface area contributed by atoms with Gasteiger partial charge in [0.15, 0.2) is 0 Å². The number of ether oxygens (including phenoxy) is 1. The Morgan fingerprint density at radius 2 is 1.95 bits per heavy atom. The van der Waals surface area contributed by atoms with Crippen molar-refractivity contribution in [3.05, 3.63) is 59.1 Å². The zero-order valence-electron chi connectivity index (χ0n) is 11.3. The summed E-state index contributed by atoms with van der Waals surface area (Å²) in [5, 5.41) is 10.9. The van der Waals surface area contributed by atoms with E-state index in [0.717, 1.165) is 21.2 Å². The Morgan fingerprint density at radius 3 is 2.65 bits per heavy atom. The van der Waals surface area contributed by atoms with Gasteiger partial charge in [-0.3, -0.25) is 0 Å². The van der Waals surface area contributed by atoms with Crippen LogP contribution in [0.5, 0.6) is 5.75 Å². The van der Waals surface area contributed by atoms with E-state index in [1.807, 2.05) is 55.5 Å². The van der Waals surface area contributed by atoms with Gasteiger partial charge >= 0.3 is 0 Å². The van der Waals surface area contributed by atoms with Crippen LogP contribution in [0.25, 0.3) is 0 Å². The van der Waals surface area contributed by atoms with Crippen molar-refractivity contribution in [3.63, 3.8) is 0 Å². The van der Waals surface area contributed by atoms with E-state index in [1.54, 1.807) is 11.8 Å². The number of hydrogen-bond donors (Lipinski definition) is 1. The highest BCUT2D eigenvalue weighted by molar-refractivity contribution is 7.99. The van der Waals surface area contributed by atoms with Gasteiger partial charge in [-0.05, 0) is 48.9 Å². The second kappa shape index (κ2) is 7.58. The molecule has 0 aliphatic heterocycles. The number of hydrogen-bond acceptors (Lipinski definition) is 3. The first-order valence-electron chi connectivity index (χ1n) is 6.48. The van der Waals surface area contributed by atoms with Gasteiger partial charge in [0.2, 0.25) is 0 Å². The molecule has 0 fully saturated rings. The maximum absolute atomic E-state index is 10.2. The van der Waals surface area contributed by atoms with Crippen LogP contribution in [-0.2, 0) is 0 Å². The molecule has 0 bridgehead atoms. The van der Waals surface area contributed by atoms with Crippen molar-refractivity contribution in [2.24, 2.45) is 0 Å². The average molecular weight is 309 g/mol. The molecule has 1 atom stereocenters. The molecular formula is C16H17ClO2S. The van der Waals surface area contributed by atoms with Crippen molar-refractivity contribution in [2.45, 2.75) is 17.9 Å². The molecule has 2 nitrogen and oxygen atoms in total. The van der Waals surface area contributed by atoms with Crippen molar-refractivity contribution in [2.75, 3.05) is 12.4 Å². The molecule has 1 N–H and O–H groups in total. The highest BCUT2D eigenvalue weighted by Crippen LogP contribution is 2.27. The smallest absolute Gasteiger partial charge is 0.119 e. The van der Waals surface area contributed by atoms with Gasteiger partial charge in [0.1, 0.15) is 5.75 Å². The molecule has 20 heavy (non-hydrogen) atoms. The summed E-state index contributed by atoms with van der Waals surface area (Å²) in [6.07, 6.45) is -0.518. The SMILES string of the molecule is CCOc1cccc(C(O)CSc2ccc(Cl)cc2)c1. The minimum absolute atomic E-state index is 0.518. The van der Waals surface area contributed by atoms with Crippen LogP contribution in [0.3, 0.4) is 0 Å². The highest BCUT2D eigenvalue weighted by Gasteiger charge is 2.09. The lowest BCUT2D eigenvalue weighted by Crippen LogP contribution is -2.01. The van der Waals surface area contributed by atoms with Gasteiger partial charge < -0.3 is 9.84 Å². The Morgan fingerprint density at radius 1 is 1.20 bits per heavy atom. The van der Waals surface area contributed by atoms with Crippen LogP contribution in [0.15, 0.2) is 53.4 Å². The summed E-state index contributed by atoms with van der Waals surface area (Å²) < 4.78 is 5.44. The lowest BCUT2D eigenvalue weighted by molar-refractivity contribution is 0.203. The zero-order valence-corrected chi connectivity index (χ0v) is 12.8. The number of halogens is 1. The van der Waals surface area contributed by atoms with Gasteiger partial charge in [0, 0.05) is 15.7 Å². The molecule has 0 aliphatic rings. The van der Waals surface area contributed by atoms with Crippen LogP contribution in [0, 0.1) is 0 Å². The molecule has 0 saturated heterocycles. The molecule has 0 saturated carbocycles. The van der Waals surface area contributed by atoms with Gasteiger partial charge in [-0.25, -0.2) is 0 Å². The van der Waals surface area contributed by atoms with E-state index < -0.39 is 6.10 Å². The van der Waals surface area contributed by atoms with Crippen molar-refractivity contribution < 1.29 is 9.84 Å². The lowest BCUT2D eigenvalue weighted by Gasteiger charge is -2.12. The number of aliphatic hydroxyl groups is 1. The van der Waals surface area contributed by atoms with Crippen LogP contribution in [0.2, 0.25) is 5.02 Å². The molecule has 2 aromatic carbocycles. The summed E-state index contributed by atoms with van der Waals surface area (Å²) >= 11 is 7.45. The fourth-order valence-electron chi connectivity index (χ4n) is 1.78. The Hall–Kier alpha value is -1.16. The summed E-state index contributed by atoms with van der Waals surface area (Å²) in [6, 6.07) is 15.2. The van der Waals surface area contributed by atoms with Gasteiger partial charge in [0.25, 0.3) is 0 Å². The normalized spacial score (nSPS) is 12.2. The second-order valence-corrected chi connectivity index (χ2v) is 5.82. The molecule has 0 amide bonds. The lowest BCUT2D eigenvalue weighted by atomic mass is 10.1. The summed E-state index contributed by atoms with van der Waals surface area (Å²) in [5.41, 5.74) is 0.873. The molecular weight excluding hydrogens is 292 g/mol. The fraction of sp³-hybridized carbons (Fsp3) is 0.250. The molecule has 2 aromatic rings. The number of benzene rings is 2. The summed E-state index contributed by atoms with van der Waals surface area (Å²) in [4.78, 5) is 1.09. The van der Waals surface area contributed by atoms with E-state index in [-0.39, 0.29) is 0 Å². The van der Waals surface area contributed by atoms with E-state index in [2.05, 4.69) is 0 Å². The summed E-state index contributed by atoms with van der Waals surface area (Å²) in [6.45, 7) is 2.57. The first kappa shape index (κ1) is 15.2. The molecule has 4 heteroatoms. The first-order valence-corrected chi connectivity index (χ1v) is 7.84. The van der Waals surface area contributed by atoms with Gasteiger partial charge in [-0.1, -0.05) is 23.7 Å². The molecule has 1 unspecified atom stereocenters. The van der Waals surface area contributed by atoms with Crippen LogP contribution in [0.4, 0.5) is 0 Å². The highest BCUT2D eigenvalue weighted by atomic mass is 35.5. The largest absolute Gasteiger partial charge is 0.494 e. The third kappa shape index (κ3) is 4.44. The van der Waals surface area contributed by atoms with Crippen molar-refractivity contribution in [1.82, 2.24) is 0 Å². The Bertz CT molecular complexity index is 542. The molecule has 106 valence electrons. The van der Waals surface area contributed by atoms with Gasteiger partial charge in [-0.2, -0.15) is 0 Å². The molecule has 0 aromatic heterocycles. The van der Waals surface area contributed by atoms with Crippen molar-refractivity contribution in [1.29, 1.82) is 0 Å². The predicted molar refractivity (Wildman–Crippen MR) is 84.7 cm³/mol. The van der Waals surface area contributed by atoms with E-state index in [0.29, 0.717) is 12.4 Å². The molecule has 0 spiro atoms. The maximum atomic E-state index is 10.2. The standard InChI is InChI=1S/C16H17ClO2S/c1-2-19-14-5-3-4-12(10-14)16(18)11-20-15-8-6-13(17)7-9-15/h3-10,16,18H,2,11H2,1H3. The minimum atomic E-state index is -0.518. The molecule has 0 radical (unpaired) electrons. The maximum Gasteiger partial charge on any atom is 0.119 e. The average Bonchev–Trinajstić information content (AvgIpc) is 2.47. The first-order chi connectivity index (χ1) is 9.69. The molecule has 2 rings (SSSR count). The second-order valence-electron chi connectivity index (χ2n) is 4.29. The number of aliphatic hydroxyl groups excluding tert-OH is 1. The number of thioether (sulfide) groups is 1. The van der Waals surface area contributed by atoms with Crippen molar-refractivity contribution >= 4 is 23.4 Å². The van der Waals surface area contributed by atoms with E-state index in [1.165, 1.54) is 0 Å². The van der Waals surface area contributed by atoms with E-state index in [4.69, 9.17) is 16.3 Å². The summed E-state index contributed by atoms with van der Waals surface area (Å²) in [5.74, 6) is 1.39. The topological polar surface area (TPSA) is 29.5 Å². The van der Waals surface area contributed by atoms with Crippen molar-refractivity contribution in [3.8, 4) is 5.75 Å². The molecule has 0 aliphatic carbocycles. The van der Waals surface area contributed by atoms with Crippen LogP contribution < -0.4 is 4.74 Å². The van der Waals surface area contributed by atoms with Gasteiger partial charge in [-0.15, -0.1) is 11.8 Å². The number of rotatable bonds is 6. The quantitative estimate of drug-likeness (QED) is 0.793. The third-order valence-corrected chi connectivity index (χ3v) is 4.12. The van der Waals surface area contributed by atoms with Crippen LogP contribution in [0.1, 0.15) is 18.6 Å². The fourth-order valence-corrected chi connectivity index (χ4v) is 2.78. The monoisotopic (exact) mass is 308 g/mol. The van der Waals surface area contributed by atoms with Gasteiger partial charge in [0.05, 0.1) is 12.7 Å². The Balaban J connectivity index is 1.95.